The number of nitrogens with one attached hydrogen (secondary N) is 1. The number of anilines is 1. The molecule has 1 heterocycles. The maximum atomic E-state index is 12.1. The molecule has 1 amide bonds. The van der Waals surface area contributed by atoms with Crippen LogP contribution in [0.1, 0.15) is 27.7 Å². The van der Waals surface area contributed by atoms with Crippen LogP contribution in [-0.2, 0) is 4.79 Å². The number of carbonyl (C=O) groups is 1. The smallest absolute Gasteiger partial charge is 0.244 e. The van der Waals surface area contributed by atoms with Crippen LogP contribution in [0.5, 0.6) is 5.88 Å². The monoisotopic (exact) mass is 266 g/mol. The van der Waals surface area contributed by atoms with E-state index in [4.69, 9.17) is 4.74 Å². The van der Waals surface area contributed by atoms with E-state index < -0.39 is 0 Å². The van der Waals surface area contributed by atoms with Crippen molar-refractivity contribution in [3.8, 4) is 5.88 Å². The van der Waals surface area contributed by atoms with Crippen LogP contribution in [-0.4, -0.2) is 46.5 Å². The van der Waals surface area contributed by atoms with E-state index in [1.807, 2.05) is 20.8 Å². The topological polar surface area (TPSA) is 67.3 Å². The maximum Gasteiger partial charge on any atom is 0.244 e. The Morgan fingerprint density at radius 3 is 2.68 bits per heavy atom. The number of carbonyl (C=O) groups excluding carboxylic acids is 1. The molecule has 6 nitrogen and oxygen atoms in total. The summed E-state index contributed by atoms with van der Waals surface area (Å²) in [6, 6.07) is 1.32. The van der Waals surface area contributed by atoms with E-state index in [0.29, 0.717) is 31.5 Å². The number of hydrogen-bond donors (Lipinski definition) is 1. The van der Waals surface area contributed by atoms with Gasteiger partial charge in [0, 0.05) is 25.4 Å². The molecular weight excluding hydrogens is 244 g/mol. The predicted octanol–water partition coefficient (Wildman–Crippen LogP) is 1.54. The zero-order chi connectivity index (χ0) is 14.3. The summed E-state index contributed by atoms with van der Waals surface area (Å²) in [6.07, 6.45) is 1.61. The molecule has 0 aromatic carbocycles. The van der Waals surface area contributed by atoms with Gasteiger partial charge in [0.05, 0.1) is 6.61 Å². The summed E-state index contributed by atoms with van der Waals surface area (Å²) in [5.74, 6) is 0.942. The zero-order valence-electron chi connectivity index (χ0n) is 12.0. The molecule has 0 fully saturated rings. The molecule has 0 saturated heterocycles. The van der Waals surface area contributed by atoms with E-state index in [-0.39, 0.29) is 11.9 Å². The van der Waals surface area contributed by atoms with Crippen LogP contribution in [0.2, 0.25) is 0 Å². The van der Waals surface area contributed by atoms with Gasteiger partial charge in [0.25, 0.3) is 0 Å². The Morgan fingerprint density at radius 1 is 1.42 bits per heavy atom. The highest BCUT2D eigenvalue weighted by molar-refractivity contribution is 5.83. The minimum Gasteiger partial charge on any atom is -0.478 e. The molecule has 0 aliphatic rings. The molecule has 1 rings (SSSR count). The van der Waals surface area contributed by atoms with Gasteiger partial charge in [0.15, 0.2) is 0 Å². The second-order valence-electron chi connectivity index (χ2n) is 4.03. The van der Waals surface area contributed by atoms with E-state index in [1.165, 1.54) is 0 Å². The molecule has 1 aromatic rings. The summed E-state index contributed by atoms with van der Waals surface area (Å²) in [4.78, 5) is 22.1. The van der Waals surface area contributed by atoms with Crippen molar-refractivity contribution in [1.29, 1.82) is 0 Å². The van der Waals surface area contributed by atoms with Crippen LogP contribution in [0.15, 0.2) is 12.3 Å². The molecule has 1 aromatic heterocycles. The number of nitrogens with zero attached hydrogens (tertiary/aromatic N) is 3. The van der Waals surface area contributed by atoms with Crippen LogP contribution < -0.4 is 10.1 Å². The average molecular weight is 266 g/mol. The lowest BCUT2D eigenvalue weighted by Crippen LogP contribution is -2.41. The van der Waals surface area contributed by atoms with Crippen molar-refractivity contribution in [1.82, 2.24) is 14.9 Å². The molecule has 1 atom stereocenters. The highest BCUT2D eigenvalue weighted by Crippen LogP contribution is 2.09. The van der Waals surface area contributed by atoms with Gasteiger partial charge in [-0.1, -0.05) is 0 Å². The second-order valence-corrected chi connectivity index (χ2v) is 4.03. The van der Waals surface area contributed by atoms with Crippen molar-refractivity contribution in [3.05, 3.63) is 12.3 Å². The first-order valence-electron chi connectivity index (χ1n) is 6.63. The Kier molecular flexibility index (Phi) is 6.05. The molecule has 0 aliphatic carbocycles. The Balaban J connectivity index is 2.68. The van der Waals surface area contributed by atoms with Crippen LogP contribution in [0, 0.1) is 0 Å². The van der Waals surface area contributed by atoms with Gasteiger partial charge in [-0.05, 0) is 27.7 Å². The molecule has 0 aliphatic heterocycles. The lowest BCUT2D eigenvalue weighted by molar-refractivity contribution is -0.131. The van der Waals surface area contributed by atoms with Crippen LogP contribution in [0.25, 0.3) is 0 Å². The maximum absolute atomic E-state index is 12.1. The third-order valence-corrected chi connectivity index (χ3v) is 2.71. The molecular formula is C13H22N4O2. The van der Waals surface area contributed by atoms with E-state index in [2.05, 4.69) is 15.3 Å². The first kappa shape index (κ1) is 15.2. The number of hydrogen-bond acceptors (Lipinski definition) is 5. The van der Waals surface area contributed by atoms with E-state index in [0.717, 1.165) is 0 Å². The van der Waals surface area contributed by atoms with Crippen molar-refractivity contribution in [2.24, 2.45) is 0 Å². The minimum absolute atomic E-state index is 0.0374. The molecule has 0 bridgehead atoms. The van der Waals surface area contributed by atoms with Crippen LogP contribution >= 0.6 is 0 Å². The second kappa shape index (κ2) is 7.56. The SMILES string of the molecule is CCOc1ccnc(NC(C)C(=O)N(CC)CC)n1. The Hall–Kier alpha value is -1.85. The number of amides is 1. The van der Waals surface area contributed by atoms with Crippen molar-refractivity contribution in [2.45, 2.75) is 33.7 Å². The first-order chi connectivity index (χ1) is 9.12. The van der Waals surface area contributed by atoms with Gasteiger partial charge >= 0.3 is 0 Å². The quantitative estimate of drug-likeness (QED) is 0.811. The molecule has 0 radical (unpaired) electrons. The summed E-state index contributed by atoms with van der Waals surface area (Å²) in [5, 5.41) is 3.00. The summed E-state index contributed by atoms with van der Waals surface area (Å²) < 4.78 is 5.29. The third-order valence-electron chi connectivity index (χ3n) is 2.71. The van der Waals surface area contributed by atoms with Crippen LogP contribution in [0.3, 0.4) is 0 Å². The standard InChI is InChI=1S/C13H22N4O2/c1-5-17(6-2)12(18)10(4)15-13-14-9-8-11(16-13)19-7-3/h8-10H,5-7H2,1-4H3,(H,14,15,16). The fourth-order valence-corrected chi connectivity index (χ4v) is 1.70. The van der Waals surface area contributed by atoms with Gasteiger partial charge in [0.2, 0.25) is 17.7 Å². The Morgan fingerprint density at radius 2 is 2.11 bits per heavy atom. The minimum atomic E-state index is -0.364. The molecule has 0 saturated carbocycles. The lowest BCUT2D eigenvalue weighted by atomic mass is 10.3. The number of ether oxygens (including phenoxy) is 1. The van der Waals surface area contributed by atoms with Gasteiger partial charge in [-0.3, -0.25) is 4.79 Å². The predicted molar refractivity (Wildman–Crippen MR) is 74.2 cm³/mol. The largest absolute Gasteiger partial charge is 0.478 e. The molecule has 6 heteroatoms. The fourth-order valence-electron chi connectivity index (χ4n) is 1.70. The molecule has 1 N–H and O–H groups in total. The van der Waals surface area contributed by atoms with Crippen molar-refractivity contribution < 1.29 is 9.53 Å². The van der Waals surface area contributed by atoms with Crippen LogP contribution in [0.4, 0.5) is 5.95 Å². The van der Waals surface area contributed by atoms with E-state index >= 15 is 0 Å². The summed E-state index contributed by atoms with van der Waals surface area (Å²) in [7, 11) is 0. The van der Waals surface area contributed by atoms with E-state index in [9.17, 15) is 4.79 Å². The van der Waals surface area contributed by atoms with Crippen molar-refractivity contribution in [3.63, 3.8) is 0 Å². The lowest BCUT2D eigenvalue weighted by Gasteiger charge is -2.23. The Labute approximate surface area is 114 Å². The fraction of sp³-hybridized carbons (Fsp3) is 0.615. The van der Waals surface area contributed by atoms with Gasteiger partial charge < -0.3 is 15.0 Å². The van der Waals surface area contributed by atoms with E-state index in [1.54, 1.807) is 24.1 Å². The average Bonchev–Trinajstić information content (AvgIpc) is 2.40. The van der Waals surface area contributed by atoms with Gasteiger partial charge in [0.1, 0.15) is 6.04 Å². The molecule has 106 valence electrons. The molecule has 19 heavy (non-hydrogen) atoms. The van der Waals surface area contributed by atoms with Gasteiger partial charge in [-0.15, -0.1) is 0 Å². The van der Waals surface area contributed by atoms with Gasteiger partial charge in [-0.2, -0.15) is 4.98 Å². The van der Waals surface area contributed by atoms with Gasteiger partial charge in [-0.25, -0.2) is 4.98 Å². The number of likely N-dealkylation sites (N-methyl/N-ethyl adjacent to an activating group) is 1. The molecule has 0 spiro atoms. The highest BCUT2D eigenvalue weighted by Gasteiger charge is 2.18. The molecule has 1 unspecified atom stereocenters. The third kappa shape index (κ3) is 4.39. The summed E-state index contributed by atoms with van der Waals surface area (Å²) in [5.41, 5.74) is 0. The number of rotatable bonds is 7. The highest BCUT2D eigenvalue weighted by atomic mass is 16.5. The summed E-state index contributed by atoms with van der Waals surface area (Å²) in [6.45, 7) is 9.55. The normalized spacial score (nSPS) is 11.8. The Bertz CT molecular complexity index is 407. The number of aromatic nitrogens is 2. The summed E-state index contributed by atoms with van der Waals surface area (Å²) >= 11 is 0. The first-order valence-corrected chi connectivity index (χ1v) is 6.63. The zero-order valence-corrected chi connectivity index (χ0v) is 12.0. The van der Waals surface area contributed by atoms with Crippen molar-refractivity contribution in [2.75, 3.05) is 25.0 Å². The van der Waals surface area contributed by atoms with Crippen molar-refractivity contribution >= 4 is 11.9 Å².